The van der Waals surface area contributed by atoms with Crippen LogP contribution in [0.5, 0.6) is 5.75 Å². The molecule has 0 saturated heterocycles. The summed E-state index contributed by atoms with van der Waals surface area (Å²) in [5.74, 6) is 1.05. The van der Waals surface area contributed by atoms with Crippen LogP contribution in [0.2, 0.25) is 0 Å². The van der Waals surface area contributed by atoms with E-state index in [1.807, 2.05) is 0 Å². The SMILES string of the molecule is CCNCc1cc(C)c(OCCCN(C)C)c(C)c1. The average molecular weight is 264 g/mol. The first kappa shape index (κ1) is 16.0. The van der Waals surface area contributed by atoms with Crippen molar-refractivity contribution >= 4 is 0 Å². The maximum absolute atomic E-state index is 5.93. The molecule has 0 heterocycles. The van der Waals surface area contributed by atoms with E-state index in [4.69, 9.17) is 4.74 Å². The van der Waals surface area contributed by atoms with Gasteiger partial charge in [-0.15, -0.1) is 0 Å². The van der Waals surface area contributed by atoms with Crippen molar-refractivity contribution in [1.82, 2.24) is 10.2 Å². The highest BCUT2D eigenvalue weighted by Gasteiger charge is 2.06. The quantitative estimate of drug-likeness (QED) is 0.731. The molecular formula is C16H28N2O. The molecule has 3 nitrogen and oxygen atoms in total. The van der Waals surface area contributed by atoms with Crippen LogP contribution < -0.4 is 10.1 Å². The molecule has 0 spiro atoms. The molecule has 0 saturated carbocycles. The third kappa shape index (κ3) is 5.62. The monoisotopic (exact) mass is 264 g/mol. The van der Waals surface area contributed by atoms with E-state index in [-0.39, 0.29) is 0 Å². The molecular weight excluding hydrogens is 236 g/mol. The summed E-state index contributed by atoms with van der Waals surface area (Å²) in [7, 11) is 4.18. The highest BCUT2D eigenvalue weighted by Crippen LogP contribution is 2.25. The number of hydrogen-bond acceptors (Lipinski definition) is 3. The number of aryl methyl sites for hydroxylation is 2. The highest BCUT2D eigenvalue weighted by molar-refractivity contribution is 5.43. The molecule has 3 heteroatoms. The van der Waals surface area contributed by atoms with E-state index in [9.17, 15) is 0 Å². The van der Waals surface area contributed by atoms with Crippen LogP contribution in [0.25, 0.3) is 0 Å². The number of ether oxygens (including phenoxy) is 1. The van der Waals surface area contributed by atoms with E-state index in [0.717, 1.165) is 38.4 Å². The molecule has 1 aromatic carbocycles. The summed E-state index contributed by atoms with van der Waals surface area (Å²) in [6.45, 7) is 10.2. The molecule has 0 radical (unpaired) electrons. The van der Waals surface area contributed by atoms with Gasteiger partial charge in [-0.1, -0.05) is 19.1 Å². The highest BCUT2D eigenvalue weighted by atomic mass is 16.5. The molecule has 0 aromatic heterocycles. The minimum atomic E-state index is 0.784. The zero-order valence-electron chi connectivity index (χ0n) is 13.0. The van der Waals surface area contributed by atoms with Gasteiger partial charge in [0.25, 0.3) is 0 Å². The van der Waals surface area contributed by atoms with E-state index < -0.39 is 0 Å². The van der Waals surface area contributed by atoms with Gasteiger partial charge in [-0.25, -0.2) is 0 Å². The first-order valence-electron chi connectivity index (χ1n) is 7.13. The van der Waals surface area contributed by atoms with E-state index in [1.165, 1.54) is 16.7 Å². The number of nitrogens with zero attached hydrogens (tertiary/aromatic N) is 1. The van der Waals surface area contributed by atoms with Gasteiger partial charge in [-0.3, -0.25) is 0 Å². The largest absolute Gasteiger partial charge is 0.493 e. The fourth-order valence-corrected chi connectivity index (χ4v) is 2.19. The molecule has 0 atom stereocenters. The van der Waals surface area contributed by atoms with E-state index in [1.54, 1.807) is 0 Å². The summed E-state index contributed by atoms with van der Waals surface area (Å²) in [4.78, 5) is 2.18. The summed E-state index contributed by atoms with van der Waals surface area (Å²) in [5.41, 5.74) is 3.80. The van der Waals surface area contributed by atoms with Crippen molar-refractivity contribution in [3.05, 3.63) is 28.8 Å². The Hall–Kier alpha value is -1.06. The van der Waals surface area contributed by atoms with Gasteiger partial charge in [-0.05, 0) is 57.6 Å². The zero-order chi connectivity index (χ0) is 14.3. The summed E-state index contributed by atoms with van der Waals surface area (Å²) >= 11 is 0. The van der Waals surface area contributed by atoms with Gasteiger partial charge >= 0.3 is 0 Å². The van der Waals surface area contributed by atoms with E-state index in [0.29, 0.717) is 0 Å². The maximum atomic E-state index is 5.93. The number of hydrogen-bond donors (Lipinski definition) is 1. The lowest BCUT2D eigenvalue weighted by atomic mass is 10.1. The van der Waals surface area contributed by atoms with Gasteiger partial charge < -0.3 is 15.0 Å². The Morgan fingerprint density at radius 2 is 1.79 bits per heavy atom. The van der Waals surface area contributed by atoms with Crippen molar-refractivity contribution in [3.8, 4) is 5.75 Å². The third-order valence-corrected chi connectivity index (χ3v) is 3.10. The standard InChI is InChI=1S/C16H28N2O/c1-6-17-12-15-10-13(2)16(14(3)11-15)19-9-7-8-18(4)5/h10-11,17H,6-9,12H2,1-5H3. The summed E-state index contributed by atoms with van der Waals surface area (Å²) < 4.78 is 5.93. The van der Waals surface area contributed by atoms with Gasteiger partial charge in [0.05, 0.1) is 6.61 Å². The van der Waals surface area contributed by atoms with Crippen LogP contribution in [0.4, 0.5) is 0 Å². The molecule has 0 amide bonds. The molecule has 1 aromatic rings. The van der Waals surface area contributed by atoms with Crippen LogP contribution >= 0.6 is 0 Å². The third-order valence-electron chi connectivity index (χ3n) is 3.10. The fourth-order valence-electron chi connectivity index (χ4n) is 2.19. The van der Waals surface area contributed by atoms with Gasteiger partial charge in [0, 0.05) is 13.1 Å². The predicted molar refractivity (Wildman–Crippen MR) is 82.0 cm³/mol. The Morgan fingerprint density at radius 1 is 1.16 bits per heavy atom. The Kier molecular flexibility index (Phi) is 6.89. The first-order chi connectivity index (χ1) is 9.04. The Balaban J connectivity index is 2.58. The van der Waals surface area contributed by atoms with Crippen molar-refractivity contribution in [2.45, 2.75) is 33.7 Å². The number of nitrogens with one attached hydrogen (secondary N) is 1. The van der Waals surface area contributed by atoms with Crippen LogP contribution in [0.15, 0.2) is 12.1 Å². The second-order valence-corrected chi connectivity index (χ2v) is 5.34. The normalized spacial score (nSPS) is 11.1. The van der Waals surface area contributed by atoms with Gasteiger partial charge in [0.15, 0.2) is 0 Å². The minimum absolute atomic E-state index is 0.784. The maximum Gasteiger partial charge on any atom is 0.125 e. The van der Waals surface area contributed by atoms with E-state index >= 15 is 0 Å². The lowest BCUT2D eigenvalue weighted by molar-refractivity contribution is 0.278. The van der Waals surface area contributed by atoms with Crippen molar-refractivity contribution in [1.29, 1.82) is 0 Å². The zero-order valence-corrected chi connectivity index (χ0v) is 13.0. The molecule has 1 N–H and O–H groups in total. The molecule has 0 bridgehead atoms. The second kappa shape index (κ2) is 8.18. The topological polar surface area (TPSA) is 24.5 Å². The van der Waals surface area contributed by atoms with Crippen LogP contribution in [-0.2, 0) is 6.54 Å². The molecule has 0 aliphatic rings. The average Bonchev–Trinajstić information content (AvgIpc) is 2.34. The molecule has 0 fully saturated rings. The van der Waals surface area contributed by atoms with Crippen molar-refractivity contribution in [2.24, 2.45) is 0 Å². The predicted octanol–water partition coefficient (Wildman–Crippen LogP) is 2.74. The Bertz CT molecular complexity index is 365. The molecule has 0 unspecified atom stereocenters. The summed E-state index contributed by atoms with van der Waals surface area (Å²) in [6, 6.07) is 4.44. The fraction of sp³-hybridized carbons (Fsp3) is 0.625. The lowest BCUT2D eigenvalue weighted by Gasteiger charge is -2.15. The number of benzene rings is 1. The summed E-state index contributed by atoms with van der Waals surface area (Å²) in [6.07, 6.45) is 1.06. The molecule has 0 aliphatic carbocycles. The minimum Gasteiger partial charge on any atom is -0.493 e. The molecule has 108 valence electrons. The van der Waals surface area contributed by atoms with Crippen molar-refractivity contribution in [2.75, 3.05) is 33.8 Å². The van der Waals surface area contributed by atoms with Crippen LogP contribution in [0, 0.1) is 13.8 Å². The lowest BCUT2D eigenvalue weighted by Crippen LogP contribution is -2.16. The van der Waals surface area contributed by atoms with Crippen LogP contribution in [-0.4, -0.2) is 38.7 Å². The van der Waals surface area contributed by atoms with Crippen molar-refractivity contribution < 1.29 is 4.74 Å². The molecule has 0 aliphatic heterocycles. The van der Waals surface area contributed by atoms with Crippen LogP contribution in [0.1, 0.15) is 30.0 Å². The van der Waals surface area contributed by atoms with Crippen molar-refractivity contribution in [3.63, 3.8) is 0 Å². The Morgan fingerprint density at radius 3 is 2.32 bits per heavy atom. The number of rotatable bonds is 8. The van der Waals surface area contributed by atoms with Crippen LogP contribution in [0.3, 0.4) is 0 Å². The smallest absolute Gasteiger partial charge is 0.125 e. The Labute approximate surface area is 118 Å². The summed E-state index contributed by atoms with van der Waals surface area (Å²) in [5, 5.41) is 3.36. The second-order valence-electron chi connectivity index (χ2n) is 5.34. The van der Waals surface area contributed by atoms with E-state index in [2.05, 4.69) is 57.2 Å². The van der Waals surface area contributed by atoms with Gasteiger partial charge in [0.1, 0.15) is 5.75 Å². The van der Waals surface area contributed by atoms with Gasteiger partial charge in [-0.2, -0.15) is 0 Å². The molecule has 1 rings (SSSR count). The van der Waals surface area contributed by atoms with Gasteiger partial charge in [0.2, 0.25) is 0 Å². The first-order valence-corrected chi connectivity index (χ1v) is 7.13. The molecule has 19 heavy (non-hydrogen) atoms.